The highest BCUT2D eigenvalue weighted by Gasteiger charge is 2.19. The SMILES string of the molecule is CCCCCCCCCCCCCCCCCCCC(=O)OC[C@@H](COC(=O)CCCCCCCCCCCCCCCC)OC(=O)CCCCCCCCCCCCCC. The van der Waals surface area contributed by atoms with Gasteiger partial charge in [-0.05, 0) is 19.3 Å². The van der Waals surface area contributed by atoms with E-state index in [9.17, 15) is 14.4 Å². The molecule has 0 unspecified atom stereocenters. The fraction of sp³-hybridized carbons (Fsp3) is 0.945. The quantitative estimate of drug-likeness (QED) is 0.0344. The van der Waals surface area contributed by atoms with Crippen molar-refractivity contribution in [1.82, 2.24) is 0 Å². The summed E-state index contributed by atoms with van der Waals surface area (Å²) in [4.78, 5) is 38.0. The third-order valence-corrected chi connectivity index (χ3v) is 12.6. The van der Waals surface area contributed by atoms with E-state index in [0.29, 0.717) is 19.3 Å². The van der Waals surface area contributed by atoms with E-state index in [-0.39, 0.29) is 31.1 Å². The van der Waals surface area contributed by atoms with Gasteiger partial charge in [-0.2, -0.15) is 0 Å². The molecule has 0 aliphatic rings. The fourth-order valence-corrected chi connectivity index (χ4v) is 8.45. The van der Waals surface area contributed by atoms with Crippen molar-refractivity contribution in [3.63, 3.8) is 0 Å². The molecule has 0 aromatic heterocycles. The second kappa shape index (κ2) is 51.0. The molecule has 6 heteroatoms. The molecule has 0 radical (unpaired) electrons. The van der Waals surface area contributed by atoms with Crippen LogP contribution < -0.4 is 0 Å². The minimum Gasteiger partial charge on any atom is -0.462 e. The van der Waals surface area contributed by atoms with Crippen LogP contribution in [0.2, 0.25) is 0 Å². The first kappa shape index (κ1) is 59.4. The molecule has 0 aliphatic carbocycles. The number of carbonyl (C=O) groups is 3. The normalized spacial score (nSPS) is 11.9. The first-order chi connectivity index (χ1) is 30.0. The summed E-state index contributed by atoms with van der Waals surface area (Å²) in [6, 6.07) is 0. The topological polar surface area (TPSA) is 78.9 Å². The molecule has 0 spiro atoms. The highest BCUT2D eigenvalue weighted by molar-refractivity contribution is 5.71. The first-order valence-corrected chi connectivity index (χ1v) is 27.5. The van der Waals surface area contributed by atoms with Gasteiger partial charge in [-0.3, -0.25) is 14.4 Å². The van der Waals surface area contributed by atoms with Gasteiger partial charge < -0.3 is 14.2 Å². The Balaban J connectivity index is 4.27. The molecule has 0 fully saturated rings. The minimum absolute atomic E-state index is 0.0614. The molecule has 0 saturated heterocycles. The molecule has 0 heterocycles. The molecule has 0 amide bonds. The molecule has 0 aromatic rings. The lowest BCUT2D eigenvalue weighted by Gasteiger charge is -2.18. The van der Waals surface area contributed by atoms with Gasteiger partial charge in [0.05, 0.1) is 0 Å². The van der Waals surface area contributed by atoms with Crippen LogP contribution in [0.25, 0.3) is 0 Å². The molecule has 0 aliphatic heterocycles. The van der Waals surface area contributed by atoms with Crippen molar-refractivity contribution in [2.75, 3.05) is 13.2 Å². The highest BCUT2D eigenvalue weighted by atomic mass is 16.6. The third kappa shape index (κ3) is 49.3. The number of unbranched alkanes of at least 4 members (excludes halogenated alkanes) is 40. The maximum Gasteiger partial charge on any atom is 0.306 e. The summed E-state index contributed by atoms with van der Waals surface area (Å²) in [5.74, 6) is -0.836. The maximum atomic E-state index is 12.8. The second-order valence-electron chi connectivity index (χ2n) is 18.9. The monoisotopic (exact) mass is 863 g/mol. The molecular formula is C55H106O6. The number of esters is 3. The largest absolute Gasteiger partial charge is 0.462 e. The van der Waals surface area contributed by atoms with Gasteiger partial charge in [-0.15, -0.1) is 0 Å². The number of hydrogen-bond donors (Lipinski definition) is 0. The van der Waals surface area contributed by atoms with Crippen molar-refractivity contribution in [1.29, 1.82) is 0 Å². The lowest BCUT2D eigenvalue weighted by molar-refractivity contribution is -0.167. The molecule has 362 valence electrons. The van der Waals surface area contributed by atoms with Crippen molar-refractivity contribution < 1.29 is 28.6 Å². The molecule has 1 atom stereocenters. The molecule has 0 aromatic carbocycles. The van der Waals surface area contributed by atoms with Crippen LogP contribution in [0.4, 0.5) is 0 Å². The van der Waals surface area contributed by atoms with E-state index in [1.54, 1.807) is 0 Å². The summed E-state index contributed by atoms with van der Waals surface area (Å²) in [5.41, 5.74) is 0. The van der Waals surface area contributed by atoms with Gasteiger partial charge in [0.25, 0.3) is 0 Å². The predicted octanol–water partition coefficient (Wildman–Crippen LogP) is 18.0. The van der Waals surface area contributed by atoms with Crippen LogP contribution in [-0.4, -0.2) is 37.2 Å². The summed E-state index contributed by atoms with van der Waals surface area (Å²) in [6.45, 7) is 6.69. The summed E-state index contributed by atoms with van der Waals surface area (Å²) >= 11 is 0. The average Bonchev–Trinajstić information content (AvgIpc) is 3.26. The molecule has 0 bridgehead atoms. The Bertz CT molecular complexity index is 905. The fourth-order valence-electron chi connectivity index (χ4n) is 8.45. The molecule has 0 saturated carbocycles. The van der Waals surface area contributed by atoms with E-state index in [0.717, 1.165) is 57.8 Å². The molecule has 0 N–H and O–H groups in total. The van der Waals surface area contributed by atoms with Crippen LogP contribution >= 0.6 is 0 Å². The van der Waals surface area contributed by atoms with Gasteiger partial charge in [0, 0.05) is 19.3 Å². The van der Waals surface area contributed by atoms with Crippen molar-refractivity contribution in [2.24, 2.45) is 0 Å². The Hall–Kier alpha value is -1.59. The molecular weight excluding hydrogens is 757 g/mol. The van der Waals surface area contributed by atoms with Crippen molar-refractivity contribution in [3.8, 4) is 0 Å². The Labute approximate surface area is 380 Å². The van der Waals surface area contributed by atoms with Crippen LogP contribution in [0, 0.1) is 0 Å². The predicted molar refractivity (Wildman–Crippen MR) is 261 cm³/mol. The smallest absolute Gasteiger partial charge is 0.306 e. The Morgan fingerprint density at radius 2 is 0.443 bits per heavy atom. The van der Waals surface area contributed by atoms with Gasteiger partial charge in [0.1, 0.15) is 13.2 Å². The zero-order valence-electron chi connectivity index (χ0n) is 41.5. The lowest BCUT2D eigenvalue weighted by Crippen LogP contribution is -2.30. The Kier molecular flexibility index (Phi) is 49.7. The Morgan fingerprint density at radius 1 is 0.262 bits per heavy atom. The lowest BCUT2D eigenvalue weighted by atomic mass is 10.0. The summed E-state index contributed by atoms with van der Waals surface area (Å²) in [6.07, 6.45) is 55.1. The van der Waals surface area contributed by atoms with Crippen molar-refractivity contribution in [3.05, 3.63) is 0 Å². The molecule has 6 nitrogen and oxygen atoms in total. The number of ether oxygens (including phenoxy) is 3. The zero-order valence-corrected chi connectivity index (χ0v) is 41.5. The Morgan fingerprint density at radius 3 is 0.656 bits per heavy atom. The van der Waals surface area contributed by atoms with Crippen molar-refractivity contribution >= 4 is 17.9 Å². The number of rotatable bonds is 51. The first-order valence-electron chi connectivity index (χ1n) is 27.5. The zero-order chi connectivity index (χ0) is 44.4. The summed E-state index contributed by atoms with van der Waals surface area (Å²) in [5, 5.41) is 0. The number of hydrogen-bond acceptors (Lipinski definition) is 6. The van der Waals surface area contributed by atoms with E-state index in [1.807, 2.05) is 0 Å². The second-order valence-corrected chi connectivity index (χ2v) is 18.9. The van der Waals surface area contributed by atoms with Crippen LogP contribution in [0.15, 0.2) is 0 Å². The summed E-state index contributed by atoms with van der Waals surface area (Å²) in [7, 11) is 0. The van der Waals surface area contributed by atoms with E-state index in [4.69, 9.17) is 14.2 Å². The van der Waals surface area contributed by atoms with Gasteiger partial charge in [-0.1, -0.05) is 278 Å². The standard InChI is InChI=1S/C55H106O6/c1-4-7-10-13-16-19-22-25-27-28-29-31-34-36-39-42-45-48-54(57)60-51-52(61-55(58)49-46-43-40-37-32-24-21-18-15-12-9-6-3)50-59-53(56)47-44-41-38-35-33-30-26-23-20-17-14-11-8-5-2/h52H,4-51H2,1-3H3/t52-/m1/s1. The average molecular weight is 863 g/mol. The van der Waals surface area contributed by atoms with Gasteiger partial charge >= 0.3 is 17.9 Å². The molecule has 0 rings (SSSR count). The highest BCUT2D eigenvalue weighted by Crippen LogP contribution is 2.17. The van der Waals surface area contributed by atoms with Gasteiger partial charge in [0.15, 0.2) is 6.10 Å². The van der Waals surface area contributed by atoms with E-state index < -0.39 is 6.10 Å². The van der Waals surface area contributed by atoms with Crippen LogP contribution in [0.3, 0.4) is 0 Å². The molecule has 61 heavy (non-hydrogen) atoms. The van der Waals surface area contributed by atoms with Gasteiger partial charge in [-0.25, -0.2) is 0 Å². The third-order valence-electron chi connectivity index (χ3n) is 12.6. The van der Waals surface area contributed by atoms with Crippen LogP contribution in [-0.2, 0) is 28.6 Å². The summed E-state index contributed by atoms with van der Waals surface area (Å²) < 4.78 is 16.8. The number of carbonyl (C=O) groups excluding carboxylic acids is 3. The van der Waals surface area contributed by atoms with Gasteiger partial charge in [0.2, 0.25) is 0 Å². The maximum absolute atomic E-state index is 12.8. The van der Waals surface area contributed by atoms with E-state index >= 15 is 0 Å². The van der Waals surface area contributed by atoms with E-state index in [1.165, 1.54) is 218 Å². The van der Waals surface area contributed by atoms with Crippen molar-refractivity contribution in [2.45, 2.75) is 322 Å². The minimum atomic E-state index is -0.760. The van der Waals surface area contributed by atoms with E-state index in [2.05, 4.69) is 20.8 Å². The van der Waals surface area contributed by atoms with Crippen LogP contribution in [0.5, 0.6) is 0 Å². The van der Waals surface area contributed by atoms with Crippen LogP contribution in [0.1, 0.15) is 316 Å².